The number of furan rings is 1. The summed E-state index contributed by atoms with van der Waals surface area (Å²) in [6, 6.07) is 10.3. The number of non-ortho nitro benzene ring substituents is 1. The molecule has 1 heterocycles. The number of nitrogens with one attached hydrogen (secondary N) is 2. The smallest absolute Gasteiger partial charge is 0.269 e. The van der Waals surface area contributed by atoms with Crippen LogP contribution in [0.2, 0.25) is 0 Å². The van der Waals surface area contributed by atoms with E-state index in [0.717, 1.165) is 30.0 Å². The van der Waals surface area contributed by atoms with Crippen LogP contribution in [0.1, 0.15) is 43.4 Å². The number of aliphatic imine (C=N–C) groups is 1. The maximum atomic E-state index is 10.7. The third kappa shape index (κ3) is 5.63. The molecule has 1 atom stereocenters. The summed E-state index contributed by atoms with van der Waals surface area (Å²) in [6.07, 6.45) is 0.979. The molecule has 0 radical (unpaired) electrons. The zero-order valence-electron chi connectivity index (χ0n) is 14.8. The number of rotatable bonds is 7. The topological polar surface area (TPSA) is 92.7 Å². The molecular formula is C18H24N4O3. The summed E-state index contributed by atoms with van der Waals surface area (Å²) >= 11 is 0. The van der Waals surface area contributed by atoms with Gasteiger partial charge in [-0.15, -0.1) is 0 Å². The van der Waals surface area contributed by atoms with Crippen molar-refractivity contribution in [2.24, 2.45) is 4.99 Å². The van der Waals surface area contributed by atoms with Crippen LogP contribution in [0.5, 0.6) is 0 Å². The molecule has 0 aliphatic heterocycles. The molecule has 2 aromatic rings. The van der Waals surface area contributed by atoms with Gasteiger partial charge in [0.2, 0.25) is 0 Å². The summed E-state index contributed by atoms with van der Waals surface area (Å²) in [7, 11) is 0. The van der Waals surface area contributed by atoms with Crippen LogP contribution in [0.3, 0.4) is 0 Å². The average molecular weight is 344 g/mol. The van der Waals surface area contributed by atoms with Crippen LogP contribution < -0.4 is 10.6 Å². The molecule has 2 N–H and O–H groups in total. The molecular weight excluding hydrogens is 320 g/mol. The first-order chi connectivity index (χ1) is 12.0. The molecule has 0 spiro atoms. The Morgan fingerprint density at radius 2 is 2.00 bits per heavy atom. The van der Waals surface area contributed by atoms with E-state index in [1.807, 2.05) is 26.0 Å². The summed E-state index contributed by atoms with van der Waals surface area (Å²) in [5.41, 5.74) is 0.988. The minimum absolute atomic E-state index is 0.0198. The highest BCUT2D eigenvalue weighted by Gasteiger charge is 2.11. The number of hydrogen-bond donors (Lipinski definition) is 2. The zero-order chi connectivity index (χ0) is 18.2. The Hall–Kier alpha value is -2.83. The maximum absolute atomic E-state index is 10.7. The molecule has 0 aliphatic carbocycles. The largest absolute Gasteiger partial charge is 0.464 e. The number of guanidine groups is 1. The van der Waals surface area contributed by atoms with Crippen LogP contribution >= 0.6 is 0 Å². The first-order valence-electron chi connectivity index (χ1n) is 8.34. The van der Waals surface area contributed by atoms with Crippen molar-refractivity contribution >= 4 is 11.6 Å². The van der Waals surface area contributed by atoms with E-state index in [2.05, 4.69) is 22.5 Å². The van der Waals surface area contributed by atoms with Crippen molar-refractivity contribution in [1.29, 1.82) is 0 Å². The molecule has 0 bridgehead atoms. The summed E-state index contributed by atoms with van der Waals surface area (Å²) in [6.45, 7) is 7.24. The van der Waals surface area contributed by atoms with Gasteiger partial charge in [0.25, 0.3) is 5.69 Å². The lowest BCUT2D eigenvalue weighted by molar-refractivity contribution is -0.384. The fraction of sp³-hybridized carbons (Fsp3) is 0.389. The number of nitrogens with zero attached hydrogens (tertiary/aromatic N) is 2. The highest BCUT2D eigenvalue weighted by atomic mass is 16.6. The molecule has 1 unspecified atom stereocenters. The predicted molar refractivity (Wildman–Crippen MR) is 97.5 cm³/mol. The Labute approximate surface area is 147 Å². The Morgan fingerprint density at radius 1 is 1.28 bits per heavy atom. The van der Waals surface area contributed by atoms with Gasteiger partial charge in [0.05, 0.1) is 17.5 Å². The molecule has 1 aromatic carbocycles. The van der Waals surface area contributed by atoms with Gasteiger partial charge in [0, 0.05) is 18.7 Å². The van der Waals surface area contributed by atoms with E-state index in [4.69, 9.17) is 4.42 Å². The van der Waals surface area contributed by atoms with Crippen LogP contribution in [0.15, 0.2) is 45.8 Å². The highest BCUT2D eigenvalue weighted by Crippen LogP contribution is 2.16. The van der Waals surface area contributed by atoms with Gasteiger partial charge >= 0.3 is 0 Å². The van der Waals surface area contributed by atoms with Gasteiger partial charge in [0.1, 0.15) is 11.5 Å². The number of hydrogen-bond acceptors (Lipinski definition) is 4. The van der Waals surface area contributed by atoms with Crippen molar-refractivity contribution in [1.82, 2.24) is 10.6 Å². The van der Waals surface area contributed by atoms with Crippen molar-refractivity contribution < 1.29 is 9.34 Å². The van der Waals surface area contributed by atoms with Crippen LogP contribution in [0.4, 0.5) is 5.69 Å². The summed E-state index contributed by atoms with van der Waals surface area (Å²) in [5.74, 6) is 2.40. The van der Waals surface area contributed by atoms with Crippen molar-refractivity contribution in [2.45, 2.75) is 39.8 Å². The molecule has 0 saturated heterocycles. The maximum Gasteiger partial charge on any atom is 0.269 e. The summed E-state index contributed by atoms with van der Waals surface area (Å²) in [5, 5.41) is 17.3. The van der Waals surface area contributed by atoms with E-state index in [1.165, 1.54) is 12.1 Å². The minimum Gasteiger partial charge on any atom is -0.464 e. The second-order valence-electron chi connectivity index (χ2n) is 5.83. The van der Waals surface area contributed by atoms with Gasteiger partial charge in [-0.3, -0.25) is 10.1 Å². The van der Waals surface area contributed by atoms with Gasteiger partial charge in [0.15, 0.2) is 5.96 Å². The van der Waals surface area contributed by atoms with E-state index < -0.39 is 4.92 Å². The van der Waals surface area contributed by atoms with Crippen molar-refractivity contribution in [3.8, 4) is 0 Å². The molecule has 25 heavy (non-hydrogen) atoms. The van der Waals surface area contributed by atoms with E-state index in [1.54, 1.807) is 12.1 Å². The van der Waals surface area contributed by atoms with Gasteiger partial charge in [-0.2, -0.15) is 0 Å². The van der Waals surface area contributed by atoms with Gasteiger partial charge in [-0.05, 0) is 38.0 Å². The average Bonchev–Trinajstić information content (AvgIpc) is 3.04. The van der Waals surface area contributed by atoms with Crippen LogP contribution in [0.25, 0.3) is 0 Å². The molecule has 0 fully saturated rings. The predicted octanol–water partition coefficient (Wildman–Crippen LogP) is 3.70. The molecule has 2 rings (SSSR count). The number of nitro benzene ring substituents is 1. The van der Waals surface area contributed by atoms with E-state index in [-0.39, 0.29) is 11.7 Å². The number of benzene rings is 1. The lowest BCUT2D eigenvalue weighted by Gasteiger charge is -2.16. The summed E-state index contributed by atoms with van der Waals surface area (Å²) in [4.78, 5) is 14.9. The third-order valence-corrected chi connectivity index (χ3v) is 3.65. The number of nitro groups is 1. The normalized spacial score (nSPS) is 12.7. The molecule has 7 heteroatoms. The third-order valence-electron chi connectivity index (χ3n) is 3.65. The molecule has 0 amide bonds. The fourth-order valence-corrected chi connectivity index (χ4v) is 2.25. The summed E-state index contributed by atoms with van der Waals surface area (Å²) < 4.78 is 5.64. The molecule has 1 aromatic heterocycles. The van der Waals surface area contributed by atoms with Crippen LogP contribution in [0, 0.1) is 17.0 Å². The second kappa shape index (κ2) is 8.86. The lowest BCUT2D eigenvalue weighted by atomic mass is 10.2. The number of aryl methyl sites for hydroxylation is 1. The van der Waals surface area contributed by atoms with Gasteiger partial charge in [-0.1, -0.05) is 19.1 Å². The second-order valence-corrected chi connectivity index (χ2v) is 5.83. The van der Waals surface area contributed by atoms with Gasteiger partial charge < -0.3 is 15.1 Å². The van der Waals surface area contributed by atoms with E-state index in [9.17, 15) is 10.1 Å². The molecule has 0 aliphatic rings. The van der Waals surface area contributed by atoms with Gasteiger partial charge in [-0.25, -0.2) is 4.99 Å². The first kappa shape index (κ1) is 18.5. The first-order valence-corrected chi connectivity index (χ1v) is 8.34. The van der Waals surface area contributed by atoms with Crippen molar-refractivity contribution in [2.75, 3.05) is 6.54 Å². The Kier molecular flexibility index (Phi) is 6.56. The van der Waals surface area contributed by atoms with Crippen molar-refractivity contribution in [3.05, 3.63) is 63.6 Å². The Bertz CT molecular complexity index is 722. The zero-order valence-corrected chi connectivity index (χ0v) is 14.8. The monoisotopic (exact) mass is 344 g/mol. The minimum atomic E-state index is -0.407. The SMILES string of the molecule is CCCNC(=NCc1ccc([N+](=O)[O-])cc1)NC(C)c1ccc(C)o1. The van der Waals surface area contributed by atoms with E-state index >= 15 is 0 Å². The van der Waals surface area contributed by atoms with Crippen molar-refractivity contribution in [3.63, 3.8) is 0 Å². The molecule has 0 saturated carbocycles. The van der Waals surface area contributed by atoms with E-state index in [0.29, 0.717) is 12.5 Å². The molecule has 7 nitrogen and oxygen atoms in total. The Balaban J connectivity index is 2.04. The fourth-order valence-electron chi connectivity index (χ4n) is 2.25. The van der Waals surface area contributed by atoms with Crippen LogP contribution in [-0.2, 0) is 6.54 Å². The standard InChI is InChI=1S/C18H24N4O3/c1-4-11-19-18(21-14(3)17-10-5-13(2)25-17)20-12-15-6-8-16(9-7-15)22(23)24/h5-10,14H,4,11-12H2,1-3H3,(H2,19,20,21). The van der Waals surface area contributed by atoms with Crippen LogP contribution in [-0.4, -0.2) is 17.4 Å². The lowest BCUT2D eigenvalue weighted by Crippen LogP contribution is -2.39. The highest BCUT2D eigenvalue weighted by molar-refractivity contribution is 5.80. The quantitative estimate of drug-likeness (QED) is 0.346. The molecule has 134 valence electrons. The Morgan fingerprint density at radius 3 is 2.56 bits per heavy atom.